The Kier molecular flexibility index (Phi) is 5.24. The monoisotopic (exact) mass is 397 g/mol. The first-order valence-corrected chi connectivity index (χ1v) is 9.91. The first-order chi connectivity index (χ1) is 13.5. The van der Waals surface area contributed by atoms with Gasteiger partial charge in [0.25, 0.3) is 5.91 Å². The van der Waals surface area contributed by atoms with Gasteiger partial charge >= 0.3 is 0 Å². The predicted molar refractivity (Wildman–Crippen MR) is 113 cm³/mol. The van der Waals surface area contributed by atoms with Gasteiger partial charge in [-0.3, -0.25) is 4.79 Å². The van der Waals surface area contributed by atoms with E-state index in [0.29, 0.717) is 16.4 Å². The number of amides is 1. The second kappa shape index (κ2) is 7.81. The Balaban J connectivity index is 1.48. The third kappa shape index (κ3) is 3.84. The van der Waals surface area contributed by atoms with Crippen LogP contribution < -0.4 is 15.5 Å². The van der Waals surface area contributed by atoms with Gasteiger partial charge in [0.05, 0.1) is 17.1 Å². The van der Waals surface area contributed by atoms with Crippen molar-refractivity contribution < 1.29 is 4.79 Å². The number of imidazole rings is 1. The SMILES string of the molecule is Cc1cc(C(=O)NC(C)c2nc3ccc(Cl)cc3[nH]2)ccc1N1CCNCC1. The van der Waals surface area contributed by atoms with Gasteiger partial charge in [-0.2, -0.15) is 0 Å². The maximum atomic E-state index is 12.7. The molecule has 3 aromatic rings. The molecule has 4 rings (SSSR count). The first-order valence-electron chi connectivity index (χ1n) is 9.53. The van der Waals surface area contributed by atoms with Crippen molar-refractivity contribution in [2.75, 3.05) is 31.1 Å². The highest BCUT2D eigenvalue weighted by Crippen LogP contribution is 2.23. The van der Waals surface area contributed by atoms with Gasteiger partial charge in [0, 0.05) is 42.5 Å². The zero-order valence-electron chi connectivity index (χ0n) is 16.1. The van der Waals surface area contributed by atoms with Gasteiger partial charge in [0.1, 0.15) is 5.82 Å². The summed E-state index contributed by atoms with van der Waals surface area (Å²) in [6, 6.07) is 11.2. The minimum atomic E-state index is -0.244. The van der Waals surface area contributed by atoms with Crippen LogP contribution in [0, 0.1) is 6.92 Å². The quantitative estimate of drug-likeness (QED) is 0.630. The number of fused-ring (bicyclic) bond motifs is 1. The number of nitrogens with zero attached hydrogens (tertiary/aromatic N) is 2. The lowest BCUT2D eigenvalue weighted by Crippen LogP contribution is -2.43. The van der Waals surface area contributed by atoms with Gasteiger partial charge in [-0.1, -0.05) is 11.6 Å². The molecule has 146 valence electrons. The van der Waals surface area contributed by atoms with Crippen molar-refractivity contribution >= 4 is 34.2 Å². The Morgan fingerprint density at radius 2 is 2.00 bits per heavy atom. The molecule has 3 N–H and O–H groups in total. The molecule has 1 saturated heterocycles. The van der Waals surface area contributed by atoms with Gasteiger partial charge in [0.2, 0.25) is 0 Å². The summed E-state index contributed by atoms with van der Waals surface area (Å²) >= 11 is 6.03. The zero-order valence-corrected chi connectivity index (χ0v) is 16.8. The lowest BCUT2D eigenvalue weighted by atomic mass is 10.1. The number of rotatable bonds is 4. The highest BCUT2D eigenvalue weighted by molar-refractivity contribution is 6.31. The molecular formula is C21H24ClN5O. The highest BCUT2D eigenvalue weighted by Gasteiger charge is 2.17. The van der Waals surface area contributed by atoms with Gasteiger partial charge in [-0.15, -0.1) is 0 Å². The molecule has 0 aliphatic carbocycles. The normalized spacial score (nSPS) is 15.6. The van der Waals surface area contributed by atoms with E-state index >= 15 is 0 Å². The Morgan fingerprint density at radius 1 is 1.21 bits per heavy atom. The largest absolute Gasteiger partial charge is 0.369 e. The summed E-state index contributed by atoms with van der Waals surface area (Å²) in [5, 5.41) is 7.04. The molecule has 1 aliphatic rings. The first kappa shape index (κ1) is 18.8. The third-order valence-electron chi connectivity index (χ3n) is 5.14. The maximum absolute atomic E-state index is 12.7. The molecule has 6 nitrogen and oxygen atoms in total. The van der Waals surface area contributed by atoms with Crippen LogP contribution in [0.1, 0.15) is 34.7 Å². The number of halogens is 1. The van der Waals surface area contributed by atoms with Crippen LogP contribution in [0.2, 0.25) is 5.02 Å². The maximum Gasteiger partial charge on any atom is 0.251 e. The molecule has 28 heavy (non-hydrogen) atoms. The van der Waals surface area contributed by atoms with Crippen molar-refractivity contribution in [1.82, 2.24) is 20.6 Å². The van der Waals surface area contributed by atoms with E-state index in [4.69, 9.17) is 11.6 Å². The molecule has 1 amide bonds. The van der Waals surface area contributed by atoms with Gasteiger partial charge < -0.3 is 20.5 Å². The molecule has 1 unspecified atom stereocenters. The number of hydrogen-bond acceptors (Lipinski definition) is 4. The van der Waals surface area contributed by atoms with E-state index in [-0.39, 0.29) is 11.9 Å². The van der Waals surface area contributed by atoms with Crippen molar-refractivity contribution in [3.05, 3.63) is 58.4 Å². The van der Waals surface area contributed by atoms with Crippen LogP contribution in [0.5, 0.6) is 0 Å². The number of benzene rings is 2. The highest BCUT2D eigenvalue weighted by atomic mass is 35.5. The number of piperazine rings is 1. The lowest BCUT2D eigenvalue weighted by Gasteiger charge is -2.30. The Hall–Kier alpha value is -2.57. The molecule has 2 heterocycles. The summed E-state index contributed by atoms with van der Waals surface area (Å²) in [5.74, 6) is 0.598. The summed E-state index contributed by atoms with van der Waals surface area (Å²) in [5.41, 5.74) is 4.65. The average molecular weight is 398 g/mol. The van der Waals surface area contributed by atoms with Crippen LogP contribution in [-0.2, 0) is 0 Å². The number of H-pyrrole nitrogens is 1. The number of aromatic amines is 1. The summed E-state index contributed by atoms with van der Waals surface area (Å²) < 4.78 is 0. The van der Waals surface area contributed by atoms with E-state index < -0.39 is 0 Å². The molecule has 1 aliphatic heterocycles. The fraction of sp³-hybridized carbons (Fsp3) is 0.333. The second-order valence-corrected chi connectivity index (χ2v) is 7.65. The molecule has 7 heteroatoms. The van der Waals surface area contributed by atoms with Gasteiger partial charge in [0.15, 0.2) is 0 Å². The van der Waals surface area contributed by atoms with Crippen molar-refractivity contribution in [3.8, 4) is 0 Å². The molecule has 1 aromatic heterocycles. The number of aromatic nitrogens is 2. The average Bonchev–Trinajstić information content (AvgIpc) is 3.12. The van der Waals surface area contributed by atoms with E-state index in [9.17, 15) is 4.79 Å². The fourth-order valence-electron chi connectivity index (χ4n) is 3.61. The van der Waals surface area contributed by atoms with Crippen LogP contribution >= 0.6 is 11.6 Å². The second-order valence-electron chi connectivity index (χ2n) is 7.22. The topological polar surface area (TPSA) is 73.0 Å². The van der Waals surface area contributed by atoms with Crippen LogP contribution in [-0.4, -0.2) is 42.1 Å². The third-order valence-corrected chi connectivity index (χ3v) is 5.37. The van der Waals surface area contributed by atoms with Crippen molar-refractivity contribution in [3.63, 3.8) is 0 Å². The van der Waals surface area contributed by atoms with Crippen molar-refractivity contribution in [2.45, 2.75) is 19.9 Å². The predicted octanol–water partition coefficient (Wildman–Crippen LogP) is 3.43. The number of aryl methyl sites for hydroxylation is 1. The number of anilines is 1. The number of carbonyl (C=O) groups excluding carboxylic acids is 1. The summed E-state index contributed by atoms with van der Waals surface area (Å²) in [6.45, 7) is 7.92. The smallest absolute Gasteiger partial charge is 0.251 e. The van der Waals surface area contributed by atoms with E-state index in [2.05, 4.69) is 32.4 Å². The molecule has 1 atom stereocenters. The summed E-state index contributed by atoms with van der Waals surface area (Å²) in [6.07, 6.45) is 0. The minimum absolute atomic E-state index is 0.110. The van der Waals surface area contributed by atoms with Crippen molar-refractivity contribution in [1.29, 1.82) is 0 Å². The summed E-state index contributed by atoms with van der Waals surface area (Å²) in [7, 11) is 0. The van der Waals surface area contributed by atoms with Gasteiger partial charge in [-0.25, -0.2) is 4.98 Å². The molecule has 0 saturated carbocycles. The fourth-order valence-corrected chi connectivity index (χ4v) is 3.78. The van der Waals surface area contributed by atoms with Crippen molar-refractivity contribution in [2.24, 2.45) is 0 Å². The van der Waals surface area contributed by atoms with Crippen LogP contribution in [0.4, 0.5) is 5.69 Å². The Labute approximate surface area is 169 Å². The Morgan fingerprint density at radius 3 is 2.75 bits per heavy atom. The molecule has 0 radical (unpaired) electrons. The Bertz CT molecular complexity index is 1010. The van der Waals surface area contributed by atoms with Crippen LogP contribution in [0.15, 0.2) is 36.4 Å². The molecule has 2 aromatic carbocycles. The zero-order chi connectivity index (χ0) is 19.7. The van der Waals surface area contributed by atoms with E-state index in [1.165, 1.54) is 5.69 Å². The number of carbonyl (C=O) groups is 1. The standard InChI is InChI=1S/C21H24ClN5O/c1-13-11-15(3-6-19(13)27-9-7-23-8-10-27)21(28)24-14(2)20-25-17-5-4-16(22)12-18(17)26-20/h3-6,11-12,14,23H,7-10H2,1-2H3,(H,24,28)(H,25,26). The van der Waals surface area contributed by atoms with Crippen LogP contribution in [0.3, 0.4) is 0 Å². The summed E-state index contributed by atoms with van der Waals surface area (Å²) in [4.78, 5) is 22.9. The molecular weight excluding hydrogens is 374 g/mol. The minimum Gasteiger partial charge on any atom is -0.369 e. The number of hydrogen-bond donors (Lipinski definition) is 3. The lowest BCUT2D eigenvalue weighted by molar-refractivity contribution is 0.0938. The molecule has 0 spiro atoms. The van der Waals surface area contributed by atoms with E-state index in [0.717, 1.165) is 42.8 Å². The van der Waals surface area contributed by atoms with Gasteiger partial charge in [-0.05, 0) is 55.8 Å². The molecule has 0 bridgehead atoms. The molecule has 1 fully saturated rings. The van der Waals surface area contributed by atoms with E-state index in [1.807, 2.05) is 37.3 Å². The van der Waals surface area contributed by atoms with E-state index in [1.54, 1.807) is 6.07 Å². The number of nitrogens with one attached hydrogen (secondary N) is 3. The van der Waals surface area contributed by atoms with Crippen LogP contribution in [0.25, 0.3) is 11.0 Å².